The number of hydrogen-bond acceptors (Lipinski definition) is 5. The summed E-state index contributed by atoms with van der Waals surface area (Å²) < 4.78 is 0. The van der Waals surface area contributed by atoms with E-state index >= 15 is 0 Å². The summed E-state index contributed by atoms with van der Waals surface area (Å²) in [6.07, 6.45) is -0.570. The van der Waals surface area contributed by atoms with E-state index in [1.54, 1.807) is 19.1 Å². The summed E-state index contributed by atoms with van der Waals surface area (Å²) in [6.45, 7) is 1.65. The molecule has 102 valence electrons. The second kappa shape index (κ2) is 6.30. The van der Waals surface area contributed by atoms with E-state index in [9.17, 15) is 10.1 Å². The molecule has 1 aromatic carbocycles. The van der Waals surface area contributed by atoms with Crippen molar-refractivity contribution in [1.82, 2.24) is 0 Å². The van der Waals surface area contributed by atoms with Crippen LogP contribution >= 0.6 is 11.3 Å². The van der Waals surface area contributed by atoms with Crippen LogP contribution in [-0.4, -0.2) is 4.92 Å². The largest absolute Gasteiger partial charge is 0.297 e. The first kappa shape index (κ1) is 14.2. The minimum absolute atomic E-state index is 0.0235. The fourth-order valence-electron chi connectivity index (χ4n) is 1.68. The van der Waals surface area contributed by atoms with Gasteiger partial charge in [-0.2, -0.15) is 0 Å². The van der Waals surface area contributed by atoms with E-state index in [1.807, 2.05) is 17.5 Å². The third kappa shape index (κ3) is 3.22. The van der Waals surface area contributed by atoms with Gasteiger partial charge in [0.25, 0.3) is 5.69 Å². The lowest BCUT2D eigenvalue weighted by atomic mass is 10.0. The summed E-state index contributed by atoms with van der Waals surface area (Å²) in [5, 5.41) is 12.9. The van der Waals surface area contributed by atoms with Crippen molar-refractivity contribution in [2.24, 2.45) is 5.90 Å². The van der Waals surface area contributed by atoms with Gasteiger partial charge in [0.05, 0.1) is 15.4 Å². The van der Waals surface area contributed by atoms with E-state index in [4.69, 9.17) is 5.90 Å². The van der Waals surface area contributed by atoms with E-state index in [0.29, 0.717) is 11.1 Å². The number of nitro benzene ring substituents is 1. The molecule has 0 fully saturated rings. The minimum atomic E-state index is -0.570. The molecule has 2 N–H and O–H groups in total. The zero-order valence-electron chi connectivity index (χ0n) is 10.7. The lowest BCUT2D eigenvalue weighted by molar-refractivity contribution is -0.386. The molecule has 2 rings (SSSR count). The van der Waals surface area contributed by atoms with Crippen LogP contribution < -0.4 is 5.90 Å². The zero-order chi connectivity index (χ0) is 14.5. The van der Waals surface area contributed by atoms with E-state index in [0.717, 1.165) is 4.88 Å². The Bertz CT molecular complexity index is 671. The fraction of sp³-hybridized carbons (Fsp3) is 0.143. The molecule has 20 heavy (non-hydrogen) atoms. The Kier molecular flexibility index (Phi) is 4.48. The molecule has 0 spiro atoms. The van der Waals surface area contributed by atoms with Gasteiger partial charge in [-0.05, 0) is 30.5 Å². The molecule has 1 aromatic heterocycles. The second-order valence-electron chi connectivity index (χ2n) is 4.04. The van der Waals surface area contributed by atoms with Crippen LogP contribution in [-0.2, 0) is 4.84 Å². The van der Waals surface area contributed by atoms with Crippen LogP contribution in [0.3, 0.4) is 0 Å². The number of nitrogens with two attached hydrogens (primary N) is 1. The van der Waals surface area contributed by atoms with Crippen molar-refractivity contribution in [3.05, 3.63) is 61.8 Å². The molecule has 0 aliphatic heterocycles. The molecule has 2 aromatic rings. The van der Waals surface area contributed by atoms with Crippen LogP contribution in [0.2, 0.25) is 0 Å². The summed E-state index contributed by atoms with van der Waals surface area (Å²) in [5.41, 5.74) is 1.07. The van der Waals surface area contributed by atoms with Crippen molar-refractivity contribution in [3.63, 3.8) is 0 Å². The number of nitrogens with zero attached hydrogens (tertiary/aromatic N) is 1. The first-order valence-corrected chi connectivity index (χ1v) is 6.69. The lowest BCUT2D eigenvalue weighted by Gasteiger charge is -2.09. The Morgan fingerprint density at radius 3 is 2.80 bits per heavy atom. The van der Waals surface area contributed by atoms with Crippen molar-refractivity contribution in [2.75, 3.05) is 0 Å². The van der Waals surface area contributed by atoms with Gasteiger partial charge in [-0.15, -0.1) is 11.3 Å². The Balaban J connectivity index is 2.39. The summed E-state index contributed by atoms with van der Waals surface area (Å²) in [6, 6.07) is 8.50. The standard InChI is InChI=1S/C14H12N2O3S/c1-10(19-15)13-9-11(5-7-14(13)16(17)18)4-6-12-3-2-8-20-12/h2-3,5,7-10H,15H2,1H3. The molecule has 0 bridgehead atoms. The van der Waals surface area contributed by atoms with Crippen LogP contribution in [0.1, 0.15) is 29.0 Å². The molecule has 0 aliphatic carbocycles. The number of thiophene rings is 1. The Morgan fingerprint density at radius 1 is 1.40 bits per heavy atom. The van der Waals surface area contributed by atoms with E-state index in [-0.39, 0.29) is 5.69 Å². The summed E-state index contributed by atoms with van der Waals surface area (Å²) in [4.78, 5) is 16.1. The fourth-order valence-corrected chi connectivity index (χ4v) is 2.25. The normalized spacial score (nSPS) is 11.5. The topological polar surface area (TPSA) is 78.4 Å². The zero-order valence-corrected chi connectivity index (χ0v) is 11.5. The SMILES string of the molecule is CC(ON)c1cc(C#Cc2cccs2)ccc1[N+](=O)[O-]. The molecule has 0 saturated heterocycles. The summed E-state index contributed by atoms with van der Waals surface area (Å²) in [5.74, 6) is 11.1. The van der Waals surface area contributed by atoms with Crippen LogP contribution in [0.25, 0.3) is 0 Å². The van der Waals surface area contributed by atoms with Gasteiger partial charge in [-0.1, -0.05) is 17.9 Å². The molecule has 1 unspecified atom stereocenters. The smallest absolute Gasteiger partial charge is 0.275 e. The Labute approximate surface area is 120 Å². The number of hydrogen-bond donors (Lipinski definition) is 1. The van der Waals surface area contributed by atoms with Gasteiger partial charge in [0, 0.05) is 11.6 Å². The van der Waals surface area contributed by atoms with Gasteiger partial charge in [-0.25, -0.2) is 5.90 Å². The maximum Gasteiger partial charge on any atom is 0.275 e. The highest BCUT2D eigenvalue weighted by Gasteiger charge is 2.19. The molecule has 6 heteroatoms. The first-order valence-electron chi connectivity index (χ1n) is 5.81. The number of rotatable bonds is 3. The maximum absolute atomic E-state index is 11.0. The van der Waals surface area contributed by atoms with Crippen LogP contribution in [0.15, 0.2) is 35.7 Å². The van der Waals surface area contributed by atoms with Gasteiger partial charge in [0.15, 0.2) is 0 Å². The lowest BCUT2D eigenvalue weighted by Crippen LogP contribution is -2.08. The summed E-state index contributed by atoms with van der Waals surface area (Å²) in [7, 11) is 0. The van der Waals surface area contributed by atoms with Crippen LogP contribution in [0.5, 0.6) is 0 Å². The monoisotopic (exact) mass is 288 g/mol. The quantitative estimate of drug-likeness (QED) is 0.535. The molecule has 0 aliphatic rings. The highest BCUT2D eigenvalue weighted by molar-refractivity contribution is 7.10. The molecular weight excluding hydrogens is 276 g/mol. The third-order valence-corrected chi connectivity index (χ3v) is 3.50. The highest BCUT2D eigenvalue weighted by atomic mass is 32.1. The van der Waals surface area contributed by atoms with Crippen molar-refractivity contribution in [3.8, 4) is 11.8 Å². The highest BCUT2D eigenvalue weighted by Crippen LogP contribution is 2.27. The predicted octanol–water partition coefficient (Wildman–Crippen LogP) is 3.01. The third-order valence-electron chi connectivity index (χ3n) is 2.72. The van der Waals surface area contributed by atoms with Gasteiger partial charge in [0.1, 0.15) is 6.10 Å². The second-order valence-corrected chi connectivity index (χ2v) is 4.98. The maximum atomic E-state index is 11.0. The summed E-state index contributed by atoms with van der Waals surface area (Å²) >= 11 is 1.54. The van der Waals surface area contributed by atoms with E-state index in [2.05, 4.69) is 16.7 Å². The van der Waals surface area contributed by atoms with E-state index < -0.39 is 11.0 Å². The van der Waals surface area contributed by atoms with Crippen molar-refractivity contribution in [1.29, 1.82) is 0 Å². The molecule has 0 saturated carbocycles. The number of nitro groups is 1. The molecular formula is C14H12N2O3S. The molecule has 5 nitrogen and oxygen atoms in total. The van der Waals surface area contributed by atoms with Gasteiger partial charge >= 0.3 is 0 Å². The van der Waals surface area contributed by atoms with Crippen molar-refractivity contribution < 1.29 is 9.76 Å². The molecule has 0 radical (unpaired) electrons. The molecule has 1 atom stereocenters. The van der Waals surface area contributed by atoms with Crippen LogP contribution in [0.4, 0.5) is 5.69 Å². The van der Waals surface area contributed by atoms with Gasteiger partial charge in [-0.3, -0.25) is 15.0 Å². The predicted molar refractivity (Wildman–Crippen MR) is 77.1 cm³/mol. The minimum Gasteiger partial charge on any atom is -0.297 e. The van der Waals surface area contributed by atoms with Crippen LogP contribution in [0, 0.1) is 22.0 Å². The average molecular weight is 288 g/mol. The molecule has 1 heterocycles. The number of benzene rings is 1. The van der Waals surface area contributed by atoms with E-state index in [1.165, 1.54) is 17.4 Å². The first-order chi connectivity index (χ1) is 9.61. The van der Waals surface area contributed by atoms with Gasteiger partial charge < -0.3 is 0 Å². The van der Waals surface area contributed by atoms with Gasteiger partial charge in [0.2, 0.25) is 0 Å². The Hall–Kier alpha value is -2.20. The molecule has 0 amide bonds. The average Bonchev–Trinajstić information content (AvgIpc) is 2.97. The Morgan fingerprint density at radius 2 is 2.20 bits per heavy atom. The van der Waals surface area contributed by atoms with Crippen molar-refractivity contribution >= 4 is 17.0 Å². The van der Waals surface area contributed by atoms with Crippen molar-refractivity contribution in [2.45, 2.75) is 13.0 Å².